The zero-order chi connectivity index (χ0) is 20.1. The third kappa shape index (κ3) is 4.62. The van der Waals surface area contributed by atoms with Crippen LogP contribution in [0, 0.1) is 0 Å². The molecule has 0 amide bonds. The molecule has 152 valence electrons. The van der Waals surface area contributed by atoms with Gasteiger partial charge in [0.15, 0.2) is 0 Å². The van der Waals surface area contributed by atoms with Crippen molar-refractivity contribution in [2.75, 3.05) is 44.7 Å². The molecule has 3 rings (SSSR count). The molecule has 2 aromatic rings. The molecule has 1 fully saturated rings. The van der Waals surface area contributed by atoms with Crippen LogP contribution in [0.4, 0.5) is 14.5 Å². The molecule has 5 nitrogen and oxygen atoms in total. The van der Waals surface area contributed by atoms with Gasteiger partial charge in [-0.25, -0.2) is 8.42 Å². The molecule has 1 saturated heterocycles. The summed E-state index contributed by atoms with van der Waals surface area (Å²) in [7, 11) is -2.98. The minimum atomic E-state index is -4.62. The Labute approximate surface area is 164 Å². The molecule has 8 heteroatoms. The Balaban J connectivity index is 1.60. The largest absolute Gasteiger partial charge is 0.497 e. The summed E-state index contributed by atoms with van der Waals surface area (Å²) in [6.07, 6.45) is 0.903. The van der Waals surface area contributed by atoms with Gasteiger partial charge in [-0.2, -0.15) is 8.78 Å². The van der Waals surface area contributed by atoms with E-state index in [1.807, 2.05) is 29.2 Å². The fraction of sp³-hybridized carbons (Fsp3) is 0.400. The van der Waals surface area contributed by atoms with Crippen LogP contribution >= 0.6 is 0 Å². The van der Waals surface area contributed by atoms with Gasteiger partial charge >= 0.3 is 5.76 Å². The maximum atomic E-state index is 13.0. The fourth-order valence-electron chi connectivity index (χ4n) is 3.35. The summed E-state index contributed by atoms with van der Waals surface area (Å²) in [6.45, 7) is 3.58. The van der Waals surface area contributed by atoms with E-state index < -0.39 is 15.6 Å². The first-order valence-electron chi connectivity index (χ1n) is 9.13. The summed E-state index contributed by atoms with van der Waals surface area (Å²) >= 11 is 0. The van der Waals surface area contributed by atoms with Crippen LogP contribution in [0.5, 0.6) is 5.75 Å². The van der Waals surface area contributed by atoms with Gasteiger partial charge in [0, 0.05) is 32.7 Å². The van der Waals surface area contributed by atoms with Gasteiger partial charge in [-0.15, -0.1) is 0 Å². The number of piperazine rings is 1. The number of nitrogens with zero attached hydrogens (tertiary/aromatic N) is 2. The van der Waals surface area contributed by atoms with Crippen LogP contribution in [0.1, 0.15) is 5.56 Å². The van der Waals surface area contributed by atoms with Crippen molar-refractivity contribution in [3.8, 4) is 5.75 Å². The molecule has 0 saturated carbocycles. The van der Waals surface area contributed by atoms with Gasteiger partial charge in [-0.1, -0.05) is 24.3 Å². The molecular formula is C20H24F2N2O3S. The first kappa shape index (κ1) is 20.5. The van der Waals surface area contributed by atoms with Crippen LogP contribution < -0.4 is 9.64 Å². The van der Waals surface area contributed by atoms with Crippen LogP contribution in [0.3, 0.4) is 0 Å². The minimum absolute atomic E-state index is 0.295. The topological polar surface area (TPSA) is 49.9 Å². The van der Waals surface area contributed by atoms with Gasteiger partial charge in [-0.05, 0) is 36.2 Å². The number of halogens is 2. The van der Waals surface area contributed by atoms with Crippen LogP contribution in [0.15, 0.2) is 53.4 Å². The van der Waals surface area contributed by atoms with Crippen molar-refractivity contribution >= 4 is 15.5 Å². The Hall–Kier alpha value is -2.19. The number of alkyl halides is 2. The number of ether oxygens (including phenoxy) is 1. The Morgan fingerprint density at radius 3 is 2.25 bits per heavy atom. The van der Waals surface area contributed by atoms with Crippen molar-refractivity contribution in [3.63, 3.8) is 0 Å². The second-order valence-corrected chi connectivity index (χ2v) is 8.59. The van der Waals surface area contributed by atoms with Crippen molar-refractivity contribution < 1.29 is 21.9 Å². The molecule has 0 spiro atoms. The standard InChI is InChI=1S/C20H24F2N2O3S/c1-27-17-8-6-16(7-9-17)10-11-23-12-14-24(15-13-23)18-4-2-3-5-19(18)28(25,26)20(21)22/h2-9,20H,10-15H2,1H3. The highest BCUT2D eigenvalue weighted by molar-refractivity contribution is 7.91. The maximum Gasteiger partial charge on any atom is 0.341 e. The zero-order valence-electron chi connectivity index (χ0n) is 15.7. The van der Waals surface area contributed by atoms with Crippen LogP contribution in [0.2, 0.25) is 0 Å². The predicted octanol–water partition coefficient (Wildman–Crippen LogP) is 3.06. The molecule has 0 atom stereocenters. The molecule has 1 aliphatic heterocycles. The second-order valence-electron chi connectivity index (χ2n) is 6.70. The highest BCUT2D eigenvalue weighted by atomic mass is 32.2. The lowest BCUT2D eigenvalue weighted by Gasteiger charge is -2.36. The number of methoxy groups -OCH3 is 1. The van der Waals surface area contributed by atoms with Crippen molar-refractivity contribution in [1.82, 2.24) is 4.90 Å². The number of sulfone groups is 1. The summed E-state index contributed by atoms with van der Waals surface area (Å²) in [6, 6.07) is 14.0. The lowest BCUT2D eigenvalue weighted by molar-refractivity contribution is 0.234. The van der Waals surface area contributed by atoms with E-state index in [0.29, 0.717) is 18.8 Å². The van der Waals surface area contributed by atoms with E-state index in [4.69, 9.17) is 4.74 Å². The normalized spacial score (nSPS) is 15.8. The van der Waals surface area contributed by atoms with E-state index in [1.165, 1.54) is 17.7 Å². The van der Waals surface area contributed by atoms with E-state index in [9.17, 15) is 17.2 Å². The molecule has 0 aliphatic carbocycles. The quantitative estimate of drug-likeness (QED) is 0.702. The minimum Gasteiger partial charge on any atom is -0.497 e. The smallest absolute Gasteiger partial charge is 0.341 e. The SMILES string of the molecule is COc1ccc(CCN2CCN(c3ccccc3S(=O)(=O)C(F)F)CC2)cc1. The Morgan fingerprint density at radius 1 is 1.00 bits per heavy atom. The maximum absolute atomic E-state index is 13.0. The van der Waals surface area contributed by atoms with Crippen molar-refractivity contribution in [2.24, 2.45) is 0 Å². The van der Waals surface area contributed by atoms with Crippen LogP contribution in [-0.2, 0) is 16.3 Å². The highest BCUT2D eigenvalue weighted by Gasteiger charge is 2.31. The third-order valence-electron chi connectivity index (χ3n) is 5.00. The van der Waals surface area contributed by atoms with Gasteiger partial charge in [0.2, 0.25) is 9.84 Å². The summed E-state index contributed by atoms with van der Waals surface area (Å²) in [5.74, 6) is -2.59. The van der Waals surface area contributed by atoms with Crippen molar-refractivity contribution in [2.45, 2.75) is 17.1 Å². The number of rotatable bonds is 7. The molecule has 0 aromatic heterocycles. The monoisotopic (exact) mass is 410 g/mol. The number of para-hydroxylation sites is 1. The summed E-state index contributed by atoms with van der Waals surface area (Å²) in [4.78, 5) is 3.88. The molecular weight excluding hydrogens is 386 g/mol. The van der Waals surface area contributed by atoms with Gasteiger partial charge in [-0.3, -0.25) is 4.90 Å². The zero-order valence-corrected chi connectivity index (χ0v) is 16.5. The Kier molecular flexibility index (Phi) is 6.51. The molecule has 0 N–H and O–H groups in total. The molecule has 1 heterocycles. The van der Waals surface area contributed by atoms with E-state index in [2.05, 4.69) is 4.90 Å². The molecule has 0 unspecified atom stereocenters. The average molecular weight is 410 g/mol. The number of hydrogen-bond donors (Lipinski definition) is 0. The molecule has 1 aliphatic rings. The highest BCUT2D eigenvalue weighted by Crippen LogP contribution is 2.29. The Bertz CT molecular complexity index is 881. The average Bonchev–Trinajstić information content (AvgIpc) is 2.73. The lowest BCUT2D eigenvalue weighted by Crippen LogP contribution is -2.47. The fourth-order valence-corrected chi connectivity index (χ4v) is 4.30. The van der Waals surface area contributed by atoms with E-state index in [0.717, 1.165) is 31.8 Å². The van der Waals surface area contributed by atoms with Gasteiger partial charge in [0.25, 0.3) is 0 Å². The van der Waals surface area contributed by atoms with E-state index in [-0.39, 0.29) is 4.90 Å². The third-order valence-corrected chi connectivity index (χ3v) is 6.42. The molecule has 28 heavy (non-hydrogen) atoms. The van der Waals surface area contributed by atoms with Gasteiger partial charge in [0.05, 0.1) is 17.7 Å². The number of hydrogen-bond acceptors (Lipinski definition) is 5. The first-order chi connectivity index (χ1) is 13.4. The molecule has 2 aromatic carbocycles. The summed E-state index contributed by atoms with van der Waals surface area (Å²) in [5, 5.41) is 0. The van der Waals surface area contributed by atoms with Crippen LogP contribution in [0.25, 0.3) is 0 Å². The van der Waals surface area contributed by atoms with Crippen molar-refractivity contribution in [1.29, 1.82) is 0 Å². The summed E-state index contributed by atoms with van der Waals surface area (Å²) < 4.78 is 55.1. The van der Waals surface area contributed by atoms with Crippen LogP contribution in [-0.4, -0.2) is 58.9 Å². The van der Waals surface area contributed by atoms with Gasteiger partial charge < -0.3 is 9.64 Å². The first-order valence-corrected chi connectivity index (χ1v) is 10.7. The van der Waals surface area contributed by atoms with Gasteiger partial charge in [0.1, 0.15) is 5.75 Å². The summed E-state index contributed by atoms with van der Waals surface area (Å²) in [5.41, 5.74) is 1.58. The number of anilines is 1. The van der Waals surface area contributed by atoms with E-state index in [1.54, 1.807) is 19.2 Å². The van der Waals surface area contributed by atoms with E-state index >= 15 is 0 Å². The second kappa shape index (κ2) is 8.87. The number of benzene rings is 2. The Morgan fingerprint density at radius 2 is 1.64 bits per heavy atom. The molecule has 0 bridgehead atoms. The lowest BCUT2D eigenvalue weighted by atomic mass is 10.1. The van der Waals surface area contributed by atoms with Crippen molar-refractivity contribution in [3.05, 3.63) is 54.1 Å². The predicted molar refractivity (Wildman–Crippen MR) is 105 cm³/mol. The molecule has 0 radical (unpaired) electrons.